The highest BCUT2D eigenvalue weighted by Crippen LogP contribution is 2.32. The summed E-state index contributed by atoms with van der Waals surface area (Å²) in [5.74, 6) is -1.06. The van der Waals surface area contributed by atoms with E-state index in [0.717, 1.165) is 34.3 Å². The van der Waals surface area contributed by atoms with Gasteiger partial charge in [0.2, 0.25) is 0 Å². The van der Waals surface area contributed by atoms with Crippen molar-refractivity contribution < 1.29 is 9.90 Å². The monoisotopic (exact) mass is 293 g/mol. The van der Waals surface area contributed by atoms with E-state index in [4.69, 9.17) is 0 Å². The molecule has 0 saturated heterocycles. The van der Waals surface area contributed by atoms with Gasteiger partial charge >= 0.3 is 5.97 Å². The molecule has 3 nitrogen and oxygen atoms in total. The van der Waals surface area contributed by atoms with Gasteiger partial charge in [-0.2, -0.15) is 0 Å². The van der Waals surface area contributed by atoms with Crippen LogP contribution in [0.4, 0.5) is 0 Å². The van der Waals surface area contributed by atoms with Gasteiger partial charge in [-0.25, -0.2) is 0 Å². The molecule has 2 atom stereocenters. The molecule has 17 heavy (non-hydrogen) atoms. The number of carboxylic acids is 1. The molecule has 1 fully saturated rings. The van der Waals surface area contributed by atoms with Gasteiger partial charge in [-0.15, -0.1) is 0 Å². The number of nitrogens with zero attached hydrogens (tertiary/aromatic N) is 1. The lowest BCUT2D eigenvalue weighted by molar-refractivity contribution is -0.142. The highest BCUT2D eigenvalue weighted by Gasteiger charge is 2.36. The maximum atomic E-state index is 11.2. The average molecular weight is 294 g/mol. The molecule has 1 N–H and O–H groups in total. The van der Waals surface area contributed by atoms with Crippen molar-refractivity contribution in [2.24, 2.45) is 10.9 Å². The molecule has 1 heterocycles. The third-order valence-electron chi connectivity index (χ3n) is 3.60. The van der Waals surface area contributed by atoms with Gasteiger partial charge in [-0.05, 0) is 43.0 Å². The van der Waals surface area contributed by atoms with Crippen molar-refractivity contribution in [3.05, 3.63) is 33.2 Å². The predicted molar refractivity (Wildman–Crippen MR) is 67.1 cm³/mol. The molecule has 0 bridgehead atoms. The summed E-state index contributed by atoms with van der Waals surface area (Å²) in [5, 5.41) is 11.3. The number of fused-ring (bicyclic) bond motifs is 2. The molecule has 0 amide bonds. The molecule has 0 spiro atoms. The summed E-state index contributed by atoms with van der Waals surface area (Å²) in [6.07, 6.45) is 2.66. The quantitative estimate of drug-likeness (QED) is 0.853. The van der Waals surface area contributed by atoms with E-state index >= 15 is 0 Å². The molecule has 1 aliphatic heterocycles. The van der Waals surface area contributed by atoms with Gasteiger partial charge in [-0.3, -0.25) is 9.79 Å². The molecule has 1 aliphatic carbocycles. The molecule has 2 aliphatic rings. The Morgan fingerprint density at radius 1 is 1.47 bits per heavy atom. The zero-order valence-electron chi connectivity index (χ0n) is 9.19. The van der Waals surface area contributed by atoms with Crippen LogP contribution in [0.5, 0.6) is 0 Å². The third-order valence-corrected chi connectivity index (χ3v) is 4.09. The van der Waals surface area contributed by atoms with Gasteiger partial charge in [0.05, 0.1) is 17.3 Å². The number of aliphatic carboxylic acids is 1. The molecule has 0 radical (unpaired) electrons. The van der Waals surface area contributed by atoms with E-state index in [0.29, 0.717) is 0 Å². The first-order valence-electron chi connectivity index (χ1n) is 5.76. The Kier molecular flexibility index (Phi) is 2.54. The molecule has 0 unspecified atom stereocenters. The first-order valence-corrected chi connectivity index (χ1v) is 6.55. The minimum absolute atomic E-state index is 0.134. The van der Waals surface area contributed by atoms with Gasteiger partial charge in [-0.1, -0.05) is 15.9 Å². The Labute approximate surface area is 107 Å². The molecule has 1 aromatic rings. The molecular weight excluding hydrogens is 282 g/mol. The Balaban J connectivity index is 2.19. The molecule has 0 aromatic heterocycles. The van der Waals surface area contributed by atoms with Crippen LogP contribution in [-0.4, -0.2) is 17.1 Å². The fourth-order valence-corrected chi connectivity index (χ4v) is 3.17. The van der Waals surface area contributed by atoms with E-state index < -0.39 is 5.97 Å². The van der Waals surface area contributed by atoms with Crippen LogP contribution in [0.3, 0.4) is 0 Å². The summed E-state index contributed by atoms with van der Waals surface area (Å²) in [7, 11) is 0. The number of hydrogen-bond donors (Lipinski definition) is 1. The molecule has 1 aromatic carbocycles. The summed E-state index contributed by atoms with van der Waals surface area (Å²) in [5.41, 5.74) is 1.21. The summed E-state index contributed by atoms with van der Waals surface area (Å²) in [4.78, 5) is 15.8. The van der Waals surface area contributed by atoms with Gasteiger partial charge in [0.1, 0.15) is 0 Å². The number of halogens is 1. The Bertz CT molecular complexity index is 608. The van der Waals surface area contributed by atoms with Crippen molar-refractivity contribution in [2.75, 3.05) is 0 Å². The minimum atomic E-state index is -0.720. The summed E-state index contributed by atoms with van der Waals surface area (Å²) < 4.78 is 1.03. The van der Waals surface area contributed by atoms with Crippen LogP contribution in [0.2, 0.25) is 0 Å². The minimum Gasteiger partial charge on any atom is -0.481 e. The number of carbonyl (C=O) groups is 1. The standard InChI is InChI=1S/C13H12BrNO2/c14-7-4-5-11-10(6-7)8-2-1-3-9(13(16)17)12(8)15-11/h4-6,9,12H,1-3H2,(H,16,17)/t9-,12-/m1/s1. The van der Waals surface area contributed by atoms with Crippen molar-refractivity contribution in [3.8, 4) is 0 Å². The van der Waals surface area contributed by atoms with Gasteiger partial charge in [0, 0.05) is 9.69 Å². The van der Waals surface area contributed by atoms with E-state index in [2.05, 4.69) is 27.0 Å². The highest BCUT2D eigenvalue weighted by atomic mass is 79.9. The van der Waals surface area contributed by atoms with E-state index in [1.54, 1.807) is 0 Å². The predicted octanol–water partition coefficient (Wildman–Crippen LogP) is 1.49. The Morgan fingerprint density at radius 2 is 2.29 bits per heavy atom. The fraction of sp³-hybridized carbons (Fsp3) is 0.385. The van der Waals surface area contributed by atoms with E-state index in [9.17, 15) is 9.90 Å². The zero-order chi connectivity index (χ0) is 12.0. The lowest BCUT2D eigenvalue weighted by atomic mass is 9.81. The first kappa shape index (κ1) is 11.0. The molecular formula is C13H12BrNO2. The summed E-state index contributed by atoms with van der Waals surface area (Å²) in [6.45, 7) is 0. The molecule has 3 rings (SSSR count). The smallest absolute Gasteiger partial charge is 0.309 e. The molecule has 1 saturated carbocycles. The van der Waals surface area contributed by atoms with E-state index in [1.807, 2.05) is 12.1 Å². The number of rotatable bonds is 1. The van der Waals surface area contributed by atoms with Crippen molar-refractivity contribution in [1.29, 1.82) is 0 Å². The maximum absolute atomic E-state index is 11.2. The second-order valence-corrected chi connectivity index (χ2v) is 5.51. The van der Waals surface area contributed by atoms with Crippen molar-refractivity contribution in [2.45, 2.75) is 25.3 Å². The van der Waals surface area contributed by atoms with Gasteiger partial charge < -0.3 is 5.11 Å². The number of hydrogen-bond acceptors (Lipinski definition) is 2. The normalized spacial score (nSPS) is 26.1. The van der Waals surface area contributed by atoms with Crippen LogP contribution < -0.4 is 10.6 Å². The van der Waals surface area contributed by atoms with Crippen LogP contribution in [0, 0.1) is 5.92 Å². The second kappa shape index (κ2) is 3.95. The van der Waals surface area contributed by atoms with Crippen LogP contribution in [-0.2, 0) is 4.79 Å². The van der Waals surface area contributed by atoms with Crippen LogP contribution in [0.15, 0.2) is 27.7 Å². The van der Waals surface area contributed by atoms with Crippen LogP contribution in [0.1, 0.15) is 19.3 Å². The van der Waals surface area contributed by atoms with E-state index in [1.165, 1.54) is 5.57 Å². The summed E-state index contributed by atoms with van der Waals surface area (Å²) in [6, 6.07) is 5.84. The summed E-state index contributed by atoms with van der Waals surface area (Å²) >= 11 is 3.45. The Hall–Kier alpha value is -1.16. The lowest BCUT2D eigenvalue weighted by Crippen LogP contribution is -2.31. The molecule has 4 heteroatoms. The largest absolute Gasteiger partial charge is 0.481 e. The highest BCUT2D eigenvalue weighted by molar-refractivity contribution is 9.10. The van der Waals surface area contributed by atoms with Crippen LogP contribution in [0.25, 0.3) is 5.57 Å². The number of carboxylic acid groups (broad SMARTS) is 1. The van der Waals surface area contributed by atoms with Gasteiger partial charge in [0.15, 0.2) is 0 Å². The van der Waals surface area contributed by atoms with E-state index in [-0.39, 0.29) is 12.0 Å². The van der Waals surface area contributed by atoms with Crippen molar-refractivity contribution in [1.82, 2.24) is 0 Å². The van der Waals surface area contributed by atoms with Crippen molar-refractivity contribution >= 4 is 27.5 Å². The lowest BCUT2D eigenvalue weighted by Gasteiger charge is -2.25. The Morgan fingerprint density at radius 3 is 3.06 bits per heavy atom. The number of benzene rings is 1. The average Bonchev–Trinajstić information content (AvgIpc) is 2.66. The fourth-order valence-electron chi connectivity index (χ4n) is 2.81. The second-order valence-electron chi connectivity index (χ2n) is 4.60. The third kappa shape index (κ3) is 1.71. The molecule has 88 valence electrons. The van der Waals surface area contributed by atoms with Gasteiger partial charge in [0.25, 0.3) is 0 Å². The SMILES string of the molecule is O=C(O)[C@@H]1CCCC2=c3cc(Br)ccc3=N[C@H]21. The first-order chi connectivity index (χ1) is 8.16. The topological polar surface area (TPSA) is 49.7 Å². The van der Waals surface area contributed by atoms with Crippen molar-refractivity contribution in [3.63, 3.8) is 0 Å². The van der Waals surface area contributed by atoms with Crippen LogP contribution >= 0.6 is 15.9 Å². The zero-order valence-corrected chi connectivity index (χ0v) is 10.8. The maximum Gasteiger partial charge on any atom is 0.309 e.